The predicted molar refractivity (Wildman–Crippen MR) is 227 cm³/mol. The maximum atomic E-state index is 13.6. The molecule has 0 spiro atoms. The molecular formula is C43H38N8O5S2. The van der Waals surface area contributed by atoms with Crippen LogP contribution in [0, 0.1) is 0 Å². The van der Waals surface area contributed by atoms with Crippen LogP contribution in [-0.4, -0.2) is 34.0 Å². The van der Waals surface area contributed by atoms with Crippen LogP contribution in [0.3, 0.4) is 0 Å². The van der Waals surface area contributed by atoms with Gasteiger partial charge in [-0.1, -0.05) is 72.8 Å². The minimum Gasteiger partial charge on any atom is -0.399 e. The van der Waals surface area contributed by atoms with Crippen molar-refractivity contribution in [3.8, 4) is 0 Å². The maximum absolute atomic E-state index is 13.6. The average molecular weight is 811 g/mol. The first-order valence-electron chi connectivity index (χ1n) is 18.3. The van der Waals surface area contributed by atoms with E-state index in [1.807, 2.05) is 48.5 Å². The van der Waals surface area contributed by atoms with Crippen molar-refractivity contribution in [1.82, 2.24) is 10.9 Å². The van der Waals surface area contributed by atoms with Crippen molar-refractivity contribution < 1.29 is 21.6 Å². The van der Waals surface area contributed by atoms with E-state index in [-0.39, 0.29) is 33.0 Å². The van der Waals surface area contributed by atoms with Crippen LogP contribution < -0.4 is 31.8 Å². The Bertz CT molecular complexity index is 2630. The van der Waals surface area contributed by atoms with E-state index < -0.39 is 25.8 Å². The van der Waals surface area contributed by atoms with Gasteiger partial charge in [0.2, 0.25) is 0 Å². The highest BCUT2D eigenvalue weighted by Gasteiger charge is 2.24. The monoisotopic (exact) mass is 810 g/mol. The molecular weight excluding hydrogens is 773 g/mol. The number of benzene rings is 6. The number of nitrogens with one attached hydrogen (secondary N) is 4. The Morgan fingerprint density at radius 2 is 0.931 bits per heavy atom. The van der Waals surface area contributed by atoms with Crippen LogP contribution in [0.25, 0.3) is 0 Å². The molecule has 0 aliphatic carbocycles. The number of nitrogen functional groups attached to an aromatic ring is 2. The third-order valence-electron chi connectivity index (χ3n) is 9.89. The average Bonchev–Trinajstić information content (AvgIpc) is 3.93. The lowest BCUT2D eigenvalue weighted by atomic mass is 9.99. The Kier molecular flexibility index (Phi) is 10.1. The second kappa shape index (κ2) is 15.5. The maximum Gasteiger partial charge on any atom is 0.261 e. The summed E-state index contributed by atoms with van der Waals surface area (Å²) in [5.41, 5.74) is 25.7. The van der Waals surface area contributed by atoms with E-state index in [4.69, 9.17) is 11.5 Å². The highest BCUT2D eigenvalue weighted by molar-refractivity contribution is 7.93. The second-order valence-corrected chi connectivity index (χ2v) is 17.3. The van der Waals surface area contributed by atoms with Crippen molar-refractivity contribution >= 4 is 60.0 Å². The van der Waals surface area contributed by atoms with E-state index in [1.54, 1.807) is 48.5 Å². The van der Waals surface area contributed by atoms with Crippen LogP contribution >= 0.6 is 0 Å². The van der Waals surface area contributed by atoms with Crippen molar-refractivity contribution in [1.29, 1.82) is 0 Å². The van der Waals surface area contributed by atoms with Gasteiger partial charge in [0.25, 0.3) is 20.0 Å². The number of sulfonamides is 2. The van der Waals surface area contributed by atoms with Gasteiger partial charge >= 0.3 is 0 Å². The van der Waals surface area contributed by atoms with E-state index in [9.17, 15) is 21.6 Å². The number of carbonyl (C=O) groups excluding carboxylic acids is 1. The summed E-state index contributed by atoms with van der Waals surface area (Å²) in [6.45, 7) is 0. The summed E-state index contributed by atoms with van der Waals surface area (Å²) >= 11 is 0. The van der Waals surface area contributed by atoms with Gasteiger partial charge in [-0.05, 0) is 95.1 Å². The molecule has 2 atom stereocenters. The number of hydrogen-bond donors (Lipinski definition) is 6. The minimum absolute atomic E-state index is 0.0223. The van der Waals surface area contributed by atoms with Crippen molar-refractivity contribution in [3.63, 3.8) is 0 Å². The molecule has 0 radical (unpaired) electrons. The van der Waals surface area contributed by atoms with Crippen LogP contribution in [0.1, 0.15) is 63.1 Å². The minimum atomic E-state index is -4.10. The molecule has 0 amide bonds. The summed E-state index contributed by atoms with van der Waals surface area (Å²) in [5.74, 6) is -0.548. The third-order valence-corrected chi connectivity index (χ3v) is 12.6. The summed E-state index contributed by atoms with van der Waals surface area (Å²) in [6.07, 6.45) is 1.27. The molecule has 6 aromatic carbocycles. The lowest BCUT2D eigenvalue weighted by Crippen LogP contribution is -2.15. The van der Waals surface area contributed by atoms with Crippen LogP contribution in [0.5, 0.6) is 0 Å². The number of nitrogens with zero attached hydrogens (tertiary/aromatic N) is 2. The zero-order valence-corrected chi connectivity index (χ0v) is 32.5. The smallest absolute Gasteiger partial charge is 0.261 e. The highest BCUT2D eigenvalue weighted by atomic mass is 32.2. The summed E-state index contributed by atoms with van der Waals surface area (Å²) in [5, 5.41) is 8.94. The first-order chi connectivity index (χ1) is 27.9. The molecule has 2 aliphatic heterocycles. The number of ketones is 1. The molecule has 0 aromatic heterocycles. The highest BCUT2D eigenvalue weighted by Crippen LogP contribution is 2.29. The molecule has 13 nitrogen and oxygen atoms in total. The molecule has 292 valence electrons. The Hall–Kier alpha value is -6.97. The fourth-order valence-corrected chi connectivity index (χ4v) is 9.06. The zero-order chi connectivity index (χ0) is 40.4. The molecule has 0 fully saturated rings. The molecule has 6 aromatic rings. The first-order valence-corrected chi connectivity index (χ1v) is 21.2. The van der Waals surface area contributed by atoms with Gasteiger partial charge in [-0.2, -0.15) is 10.2 Å². The Morgan fingerprint density at radius 3 is 1.33 bits per heavy atom. The topological polar surface area (TPSA) is 210 Å². The quantitative estimate of drug-likeness (QED) is 0.0583. The molecule has 0 bridgehead atoms. The number of anilines is 4. The van der Waals surface area contributed by atoms with Crippen molar-refractivity contribution in [2.75, 3.05) is 20.9 Å². The predicted octanol–water partition coefficient (Wildman–Crippen LogP) is 6.56. The van der Waals surface area contributed by atoms with Crippen molar-refractivity contribution in [2.24, 2.45) is 10.2 Å². The number of nitrogens with two attached hydrogens (primary N) is 2. The van der Waals surface area contributed by atoms with Gasteiger partial charge in [-0.3, -0.25) is 14.2 Å². The molecule has 8 N–H and O–H groups in total. The van der Waals surface area contributed by atoms with Gasteiger partial charge in [0.15, 0.2) is 5.78 Å². The molecule has 2 aliphatic rings. The lowest BCUT2D eigenvalue weighted by Gasteiger charge is -2.12. The number of carbonyl (C=O) groups is 1. The molecule has 2 heterocycles. The third kappa shape index (κ3) is 8.26. The van der Waals surface area contributed by atoms with Crippen molar-refractivity contribution in [3.05, 3.63) is 179 Å². The molecule has 58 heavy (non-hydrogen) atoms. The van der Waals surface area contributed by atoms with Gasteiger partial charge in [0.1, 0.15) is 0 Å². The fraction of sp³-hybridized carbons (Fsp3) is 0.0930. The van der Waals surface area contributed by atoms with Crippen LogP contribution in [0.15, 0.2) is 166 Å². The molecule has 8 rings (SSSR count). The van der Waals surface area contributed by atoms with Gasteiger partial charge in [0.05, 0.1) is 33.3 Å². The number of hydrazone groups is 2. The number of rotatable bonds is 12. The zero-order valence-electron chi connectivity index (χ0n) is 30.8. The summed E-state index contributed by atoms with van der Waals surface area (Å²) in [4.78, 5) is 13.4. The standard InChI is InChI=1S/C43H38N8O5S2/c44-33-9-1-5-29(21-33)41-25-39(46-48-41)27-13-17-35(18-14-27)50-57(53,54)37-11-3-7-31(23-37)43(52)32-8-4-12-38(24-32)58(55,56)51-36-19-15-28(16-20-36)40-26-42(49-47-40)30-6-2-10-34(45)22-30/h1-24,41-42,48-51H,25-26,44-45H2. The van der Waals surface area contributed by atoms with Gasteiger partial charge in [0, 0.05) is 46.7 Å². The molecule has 0 saturated heterocycles. The summed E-state index contributed by atoms with van der Waals surface area (Å²) in [7, 11) is -8.20. The number of hydrogen-bond acceptors (Lipinski definition) is 11. The molecule has 2 unspecified atom stereocenters. The van der Waals surface area contributed by atoms with Crippen LogP contribution in [0.4, 0.5) is 22.7 Å². The lowest BCUT2D eigenvalue weighted by molar-refractivity contribution is 0.103. The van der Waals surface area contributed by atoms with Crippen LogP contribution in [0.2, 0.25) is 0 Å². The van der Waals surface area contributed by atoms with Gasteiger partial charge in [-0.25, -0.2) is 16.8 Å². The summed E-state index contributed by atoms with van der Waals surface area (Å²) < 4.78 is 59.0. The van der Waals surface area contributed by atoms with Gasteiger partial charge < -0.3 is 22.3 Å². The Morgan fingerprint density at radius 1 is 0.534 bits per heavy atom. The van der Waals surface area contributed by atoms with Crippen molar-refractivity contribution in [2.45, 2.75) is 34.7 Å². The van der Waals surface area contributed by atoms with E-state index in [2.05, 4.69) is 30.5 Å². The summed E-state index contributed by atoms with van der Waals surface area (Å²) in [6, 6.07) is 40.1. The van der Waals surface area contributed by atoms with Gasteiger partial charge in [-0.15, -0.1) is 0 Å². The van der Waals surface area contributed by atoms with E-state index in [1.165, 1.54) is 48.5 Å². The van der Waals surface area contributed by atoms with E-state index in [0.29, 0.717) is 35.6 Å². The van der Waals surface area contributed by atoms with E-state index >= 15 is 0 Å². The fourth-order valence-electron chi connectivity index (χ4n) is 6.85. The largest absolute Gasteiger partial charge is 0.399 e. The Labute approximate surface area is 336 Å². The second-order valence-electron chi connectivity index (χ2n) is 14.0. The molecule has 0 saturated carbocycles. The van der Waals surface area contributed by atoms with E-state index in [0.717, 1.165) is 33.7 Å². The SMILES string of the molecule is Nc1cccc(C2CC(c3ccc(NS(=O)(=O)c4cccc(C(=O)c5cccc(S(=O)(=O)Nc6ccc(C7=NNC(c8cccc(N)c8)C7)cc6)c5)c4)cc3)=NN2)c1. The molecule has 15 heteroatoms. The Balaban J connectivity index is 0.904. The van der Waals surface area contributed by atoms with Crippen LogP contribution in [-0.2, 0) is 20.0 Å². The normalized spacial score (nSPS) is 16.4. The first kappa shape index (κ1) is 37.9.